The molecule has 34 valence electrons. The Morgan fingerprint density at radius 3 is 1.83 bits per heavy atom. The average molecular weight is 118 g/mol. The van der Waals surface area contributed by atoms with Gasteiger partial charge in [-0.3, -0.25) is 0 Å². The fourth-order valence-corrected chi connectivity index (χ4v) is 0. The molecule has 0 aromatic carbocycles. The fraction of sp³-hybridized carbons (Fsp3) is 0. The Labute approximate surface area is 79.6 Å². The van der Waals surface area contributed by atoms with Crippen molar-refractivity contribution in [2.75, 3.05) is 0 Å². The molecule has 0 fully saturated rings. The first-order valence-corrected chi connectivity index (χ1v) is 0.716. The van der Waals surface area contributed by atoms with Crippen molar-refractivity contribution in [3.05, 3.63) is 0 Å². The van der Waals surface area contributed by atoms with E-state index in [1.54, 1.807) is 0 Å². The van der Waals surface area contributed by atoms with E-state index in [1.807, 2.05) is 0 Å². The largest absolute Gasteiger partial charge is 1.00 e. The predicted octanol–water partition coefficient (Wildman–Crippen LogP) is -3.10. The third kappa shape index (κ3) is 96.9. The molecule has 0 saturated carbocycles. The van der Waals surface area contributed by atoms with E-state index < -0.39 is 6.09 Å². The van der Waals surface area contributed by atoms with Crippen LogP contribution in [0.5, 0.6) is 0 Å². The van der Waals surface area contributed by atoms with Crippen molar-refractivity contribution in [2.45, 2.75) is 0 Å². The number of rotatable bonds is 0. The van der Waals surface area contributed by atoms with Crippen LogP contribution in [0.3, 0.4) is 0 Å². The van der Waals surface area contributed by atoms with Gasteiger partial charge in [0.1, 0.15) is 0 Å². The molecule has 6 heavy (non-hydrogen) atoms. The number of nitrogens with two attached hydrogens (primary N) is 1. The monoisotopic (exact) mass is 118 g/mol. The van der Waals surface area contributed by atoms with Crippen LogP contribution in [0.2, 0.25) is 0 Å². The quantitative estimate of drug-likeness (QED) is 0.294. The zero-order valence-corrected chi connectivity index (χ0v) is 6.76. The van der Waals surface area contributed by atoms with Gasteiger partial charge in [0.25, 0.3) is 0 Å². The van der Waals surface area contributed by atoms with E-state index in [1.165, 1.54) is 0 Å². The molecule has 0 bridgehead atoms. The normalized spacial score (nSPS) is 4.00. The van der Waals surface area contributed by atoms with Crippen molar-refractivity contribution in [1.82, 2.24) is 6.15 Å². The fourth-order valence-electron chi connectivity index (χ4n) is 0. The van der Waals surface area contributed by atoms with Crippen LogP contribution in [0.1, 0.15) is 1.43 Å². The average Bonchev–Trinajstić information content (AvgIpc) is 0.811. The number of amides is 1. The maximum atomic E-state index is 8.78. The van der Waals surface area contributed by atoms with E-state index in [0.717, 1.165) is 0 Å². The van der Waals surface area contributed by atoms with Gasteiger partial charge in [-0.2, -0.15) is 0 Å². The van der Waals surface area contributed by atoms with Crippen molar-refractivity contribution < 1.29 is 62.7 Å². The van der Waals surface area contributed by atoms with Crippen LogP contribution in [-0.4, -0.2) is 11.2 Å². The molecule has 0 aromatic rings. The minimum Gasteiger partial charge on any atom is -1.00 e. The minimum atomic E-state index is -1.33. The second-order valence-electron chi connectivity index (χ2n) is 0.338. The molecule has 5 heteroatoms. The van der Waals surface area contributed by atoms with Gasteiger partial charge in [0.15, 0.2) is 0 Å². The number of hydrogen-bond donors (Lipinski definition) is 3. The topological polar surface area (TPSA) is 98.3 Å². The first kappa shape index (κ1) is 15.8. The maximum Gasteiger partial charge on any atom is 1.00 e. The van der Waals surface area contributed by atoms with Crippen LogP contribution < -0.4 is 63.3 Å². The molecule has 0 heterocycles. The molecule has 1 amide bonds. The Morgan fingerprint density at radius 2 is 1.83 bits per heavy atom. The molecule has 0 aliphatic rings. The summed E-state index contributed by atoms with van der Waals surface area (Å²) < 4.78 is 0. The van der Waals surface area contributed by atoms with Crippen molar-refractivity contribution in [2.24, 2.45) is 5.73 Å². The van der Waals surface area contributed by atoms with Gasteiger partial charge < -0.3 is 18.4 Å². The van der Waals surface area contributed by atoms with E-state index >= 15 is 0 Å². The first-order valence-electron chi connectivity index (χ1n) is 0.716. The molecule has 4 nitrogen and oxygen atoms in total. The Bertz CT molecular complexity index is 38.7. The molecule has 0 unspecified atom stereocenters. The van der Waals surface area contributed by atoms with Crippen molar-refractivity contribution >= 4 is 6.09 Å². The summed E-state index contributed by atoms with van der Waals surface area (Å²) in [5.74, 6) is 0. The summed E-state index contributed by atoms with van der Waals surface area (Å²) in [5.41, 5.74) is 4.03. The first-order chi connectivity index (χ1) is 1.73. The Hall–Kier alpha value is 0.866. The smallest absolute Gasteiger partial charge is 1.00 e. The molecule has 0 aliphatic heterocycles. The van der Waals surface area contributed by atoms with Gasteiger partial charge in [-0.25, -0.2) is 4.79 Å². The van der Waals surface area contributed by atoms with Crippen molar-refractivity contribution in [3.8, 4) is 0 Å². The third-order valence-electron chi connectivity index (χ3n) is 0. The van der Waals surface area contributed by atoms with Gasteiger partial charge in [-0.1, -0.05) is 0 Å². The van der Waals surface area contributed by atoms with Crippen LogP contribution >= 0.6 is 0 Å². The van der Waals surface area contributed by atoms with E-state index in [0.29, 0.717) is 0 Å². The van der Waals surface area contributed by atoms with E-state index in [2.05, 4.69) is 5.73 Å². The third-order valence-corrected chi connectivity index (χ3v) is 0. The Balaban J connectivity index is -0.0000000150. The summed E-state index contributed by atoms with van der Waals surface area (Å²) in [6.45, 7) is 0. The van der Waals surface area contributed by atoms with Crippen LogP contribution in [0.15, 0.2) is 0 Å². The van der Waals surface area contributed by atoms with Gasteiger partial charge in [0, 0.05) is 0 Å². The van der Waals surface area contributed by atoms with Crippen LogP contribution in [-0.2, 0) is 0 Å². The van der Waals surface area contributed by atoms with E-state index in [4.69, 9.17) is 9.90 Å². The molecule has 0 saturated heterocycles. The summed E-state index contributed by atoms with van der Waals surface area (Å²) in [5, 5.41) is 7.19. The summed E-state index contributed by atoms with van der Waals surface area (Å²) in [6, 6.07) is 0. The molecular formula is CH7KN2O2. The number of carboxylic acid groups (broad SMARTS) is 1. The molecule has 0 aliphatic carbocycles. The van der Waals surface area contributed by atoms with Crippen LogP contribution in [0, 0.1) is 0 Å². The van der Waals surface area contributed by atoms with E-state index in [9.17, 15) is 0 Å². The summed E-state index contributed by atoms with van der Waals surface area (Å²) >= 11 is 0. The summed E-state index contributed by atoms with van der Waals surface area (Å²) in [7, 11) is 0. The van der Waals surface area contributed by atoms with Crippen molar-refractivity contribution in [1.29, 1.82) is 0 Å². The van der Waals surface area contributed by atoms with Gasteiger partial charge in [-0.05, 0) is 0 Å². The van der Waals surface area contributed by atoms with Gasteiger partial charge in [-0.15, -0.1) is 0 Å². The minimum absolute atomic E-state index is 0. The number of primary amides is 1. The molecule has 0 aromatic heterocycles. The van der Waals surface area contributed by atoms with Crippen LogP contribution in [0.25, 0.3) is 0 Å². The number of hydrogen-bond acceptors (Lipinski definition) is 2. The molecular weight excluding hydrogens is 111 g/mol. The predicted molar refractivity (Wildman–Crippen MR) is 18.3 cm³/mol. The zero-order chi connectivity index (χ0) is 3.58. The molecule has 0 atom stereocenters. The Morgan fingerprint density at radius 1 is 1.83 bits per heavy atom. The molecule has 0 radical (unpaired) electrons. The van der Waals surface area contributed by atoms with Crippen LogP contribution in [0.4, 0.5) is 4.79 Å². The van der Waals surface area contributed by atoms with Crippen molar-refractivity contribution in [3.63, 3.8) is 0 Å². The zero-order valence-electron chi connectivity index (χ0n) is 4.64. The maximum absolute atomic E-state index is 8.78. The van der Waals surface area contributed by atoms with E-state index in [-0.39, 0.29) is 59.0 Å². The standard InChI is InChI=1S/CH3NO2.K.H3N.H/c2-1(3)4;;;/h2H2,(H,3,4);;1H3;/q;+1;;-1. The molecule has 0 spiro atoms. The summed E-state index contributed by atoms with van der Waals surface area (Å²) in [4.78, 5) is 8.78. The molecule has 0 rings (SSSR count). The van der Waals surface area contributed by atoms with Gasteiger partial charge in [0.05, 0.1) is 0 Å². The summed E-state index contributed by atoms with van der Waals surface area (Å²) in [6.07, 6.45) is -1.33. The van der Waals surface area contributed by atoms with Gasteiger partial charge in [0.2, 0.25) is 0 Å². The SMILES string of the molecule is N.NC(=O)O.[H-].[K+]. The molecule has 6 N–H and O–H groups in total. The second-order valence-corrected chi connectivity index (χ2v) is 0.338. The second kappa shape index (κ2) is 9.29. The van der Waals surface area contributed by atoms with Gasteiger partial charge >= 0.3 is 57.5 Å². The number of carbonyl (C=O) groups is 1. The Kier molecular flexibility index (Phi) is 24.5.